The zero-order chi connectivity index (χ0) is 27.0. The van der Waals surface area contributed by atoms with E-state index >= 15 is 0 Å². The van der Waals surface area contributed by atoms with Crippen molar-refractivity contribution in [3.8, 4) is 22.3 Å². The summed E-state index contributed by atoms with van der Waals surface area (Å²) in [7, 11) is -3.29. The van der Waals surface area contributed by atoms with Crippen LogP contribution in [0, 0.1) is 0 Å². The first kappa shape index (κ1) is 25.1. The number of benzene rings is 1. The molecule has 12 heteroatoms. The van der Waals surface area contributed by atoms with Gasteiger partial charge in [0.25, 0.3) is 5.91 Å². The number of piperidine rings is 1. The predicted octanol–water partition coefficient (Wildman–Crippen LogP) is 4.03. The van der Waals surface area contributed by atoms with Crippen molar-refractivity contribution in [3.63, 3.8) is 0 Å². The van der Waals surface area contributed by atoms with E-state index in [1.54, 1.807) is 47.5 Å². The van der Waals surface area contributed by atoms with Gasteiger partial charge in [0.1, 0.15) is 6.10 Å². The summed E-state index contributed by atoms with van der Waals surface area (Å²) in [6, 6.07) is 16.2. The highest BCUT2D eigenvalue weighted by Crippen LogP contribution is 2.28. The summed E-state index contributed by atoms with van der Waals surface area (Å²) < 4.78 is 31.3. The maximum Gasteiger partial charge on any atom is 0.318 e. The Kier molecular flexibility index (Phi) is 6.57. The zero-order valence-electron chi connectivity index (χ0n) is 21.0. The molecule has 0 spiro atoms. The fourth-order valence-corrected chi connectivity index (χ4v) is 6.04. The Morgan fingerprint density at radius 3 is 2.51 bits per heavy atom. The molecule has 0 radical (unpaired) electrons. The Bertz CT molecular complexity index is 1740. The first-order valence-electron chi connectivity index (χ1n) is 12.3. The quantitative estimate of drug-likeness (QED) is 0.305. The van der Waals surface area contributed by atoms with Gasteiger partial charge in [-0.2, -0.15) is 10.1 Å². The van der Waals surface area contributed by atoms with Gasteiger partial charge in [0.05, 0.1) is 37.6 Å². The topological polar surface area (TPSA) is 120 Å². The molecule has 6 rings (SSSR count). The molecule has 1 aliphatic rings. The maximum absolute atomic E-state index is 13.1. The summed E-state index contributed by atoms with van der Waals surface area (Å²) in [4.78, 5) is 30.1. The molecule has 1 amide bonds. The number of thiophene rings is 1. The number of amides is 1. The molecule has 5 aromatic rings. The van der Waals surface area contributed by atoms with Crippen LogP contribution in [-0.4, -0.2) is 69.4 Å². The fourth-order valence-electron chi connectivity index (χ4n) is 4.46. The molecule has 0 aliphatic carbocycles. The number of fused-ring (bicyclic) bond motifs is 1. The van der Waals surface area contributed by atoms with Crippen LogP contribution in [0.3, 0.4) is 0 Å². The van der Waals surface area contributed by atoms with Gasteiger partial charge >= 0.3 is 6.01 Å². The summed E-state index contributed by atoms with van der Waals surface area (Å²) in [6.45, 7) is 1.15. The Hall–Kier alpha value is -4.16. The van der Waals surface area contributed by atoms with Crippen molar-refractivity contribution in [2.75, 3.05) is 19.3 Å². The second-order valence-electron chi connectivity index (χ2n) is 9.24. The highest BCUT2D eigenvalue weighted by Gasteiger charge is 2.26. The van der Waals surface area contributed by atoms with E-state index in [1.165, 1.54) is 17.6 Å². The van der Waals surface area contributed by atoms with Gasteiger partial charge in [-0.1, -0.05) is 6.07 Å². The van der Waals surface area contributed by atoms with Gasteiger partial charge in [-0.25, -0.2) is 18.1 Å². The first-order chi connectivity index (χ1) is 18.8. The highest BCUT2D eigenvalue weighted by atomic mass is 32.2. The van der Waals surface area contributed by atoms with Crippen molar-refractivity contribution >= 4 is 38.1 Å². The number of hydrogen-bond acceptors (Lipinski definition) is 9. The van der Waals surface area contributed by atoms with Crippen molar-refractivity contribution in [2.45, 2.75) is 23.8 Å². The molecule has 39 heavy (non-hydrogen) atoms. The number of likely N-dealkylation sites (tertiary alicyclic amines) is 1. The van der Waals surface area contributed by atoms with E-state index in [0.29, 0.717) is 42.1 Å². The second-order valence-corrected chi connectivity index (χ2v) is 12.3. The van der Waals surface area contributed by atoms with Crippen LogP contribution >= 0.6 is 11.3 Å². The van der Waals surface area contributed by atoms with Crippen molar-refractivity contribution in [2.24, 2.45) is 0 Å². The summed E-state index contributed by atoms with van der Waals surface area (Å²) in [5.41, 5.74) is 2.09. The molecular formula is C27H24N6O4S2. The van der Waals surface area contributed by atoms with E-state index in [9.17, 15) is 13.2 Å². The van der Waals surface area contributed by atoms with E-state index in [2.05, 4.69) is 20.1 Å². The third kappa shape index (κ3) is 5.25. The molecular weight excluding hydrogens is 536 g/mol. The third-order valence-electron chi connectivity index (χ3n) is 6.53. The number of aromatic nitrogens is 5. The van der Waals surface area contributed by atoms with Gasteiger partial charge in [0.2, 0.25) is 0 Å². The molecule has 10 nitrogen and oxygen atoms in total. The van der Waals surface area contributed by atoms with E-state index < -0.39 is 9.84 Å². The first-order valence-corrected chi connectivity index (χ1v) is 15.0. The Morgan fingerprint density at radius 2 is 1.79 bits per heavy atom. The molecule has 4 aromatic heterocycles. The molecule has 0 atom stereocenters. The van der Waals surface area contributed by atoms with E-state index in [0.717, 1.165) is 16.0 Å². The molecule has 198 valence electrons. The van der Waals surface area contributed by atoms with Gasteiger partial charge < -0.3 is 9.64 Å². The van der Waals surface area contributed by atoms with Crippen LogP contribution in [0.1, 0.15) is 22.5 Å². The largest absolute Gasteiger partial charge is 0.460 e. The number of hydrogen-bond donors (Lipinski definition) is 0. The molecule has 0 N–H and O–H groups in total. The standard InChI is InChI=1S/C27H24N6O4S2/c1-39(35,36)21-7-5-19(6-8-21)33-25-18(17-30-33)16-29-27(31-25)37-20-11-14-32(15-12-20)26(34)24-10-9-23(38-24)22-4-2-3-13-28-22/h2-10,13,16-17,20H,11-12,14-15H2,1H3. The predicted molar refractivity (Wildman–Crippen MR) is 147 cm³/mol. The van der Waals surface area contributed by atoms with Gasteiger partial charge in [-0.15, -0.1) is 11.3 Å². The van der Waals surface area contributed by atoms with Crippen molar-refractivity contribution in [3.05, 3.63) is 78.1 Å². The second kappa shape index (κ2) is 10.2. The van der Waals surface area contributed by atoms with Crippen LogP contribution < -0.4 is 4.74 Å². The molecule has 0 saturated carbocycles. The molecule has 1 aliphatic heterocycles. The summed E-state index contributed by atoms with van der Waals surface area (Å²) in [6.07, 6.45) is 7.43. The van der Waals surface area contributed by atoms with E-state index in [-0.39, 0.29) is 22.9 Å². The number of pyridine rings is 1. The third-order valence-corrected chi connectivity index (χ3v) is 8.76. The monoisotopic (exact) mass is 560 g/mol. The lowest BCUT2D eigenvalue weighted by molar-refractivity contribution is 0.0583. The summed E-state index contributed by atoms with van der Waals surface area (Å²) in [5, 5.41) is 5.12. The van der Waals surface area contributed by atoms with Crippen LogP contribution in [0.5, 0.6) is 6.01 Å². The number of nitrogens with zero attached hydrogens (tertiary/aromatic N) is 6. The number of carbonyl (C=O) groups is 1. The van der Waals surface area contributed by atoms with Crippen molar-refractivity contribution < 1.29 is 17.9 Å². The minimum atomic E-state index is -3.29. The summed E-state index contributed by atoms with van der Waals surface area (Å²) >= 11 is 1.45. The fraction of sp³-hybridized carbons (Fsp3) is 0.222. The SMILES string of the molecule is CS(=O)(=O)c1ccc(-n2ncc3cnc(OC4CCN(C(=O)c5ccc(-c6ccccn6)s5)CC4)nc32)cc1. The van der Waals surface area contributed by atoms with Crippen LogP contribution in [0.15, 0.2) is 78.1 Å². The van der Waals surface area contributed by atoms with Crippen molar-refractivity contribution in [1.29, 1.82) is 0 Å². The molecule has 1 fully saturated rings. The summed E-state index contributed by atoms with van der Waals surface area (Å²) in [5.74, 6) is 0.0177. The lowest BCUT2D eigenvalue weighted by Crippen LogP contribution is -2.41. The molecule has 1 saturated heterocycles. The lowest BCUT2D eigenvalue weighted by atomic mass is 10.1. The molecule has 0 unspecified atom stereocenters. The van der Waals surface area contributed by atoms with Gasteiger partial charge in [-0.3, -0.25) is 9.78 Å². The number of carbonyl (C=O) groups excluding carboxylic acids is 1. The van der Waals surface area contributed by atoms with Crippen LogP contribution in [0.25, 0.3) is 27.3 Å². The normalized spacial score (nSPS) is 14.5. The Labute approximate surface area is 228 Å². The molecule has 1 aromatic carbocycles. The maximum atomic E-state index is 13.1. The van der Waals surface area contributed by atoms with E-state index in [4.69, 9.17) is 4.74 Å². The zero-order valence-corrected chi connectivity index (χ0v) is 22.6. The minimum Gasteiger partial charge on any atom is -0.460 e. The number of ether oxygens (including phenoxy) is 1. The van der Waals surface area contributed by atoms with Gasteiger partial charge in [-0.05, 0) is 48.5 Å². The van der Waals surface area contributed by atoms with Crippen LogP contribution in [-0.2, 0) is 9.84 Å². The number of rotatable bonds is 6. The van der Waals surface area contributed by atoms with Crippen molar-refractivity contribution in [1.82, 2.24) is 29.6 Å². The average Bonchev–Trinajstić information content (AvgIpc) is 3.61. The Balaban J connectivity index is 1.11. The minimum absolute atomic E-state index is 0.0177. The van der Waals surface area contributed by atoms with Crippen LogP contribution in [0.4, 0.5) is 0 Å². The number of sulfone groups is 1. The lowest BCUT2D eigenvalue weighted by Gasteiger charge is -2.31. The molecule has 0 bridgehead atoms. The van der Waals surface area contributed by atoms with Gasteiger partial charge in [0.15, 0.2) is 15.5 Å². The smallest absolute Gasteiger partial charge is 0.318 e. The Morgan fingerprint density at radius 1 is 1.00 bits per heavy atom. The van der Waals surface area contributed by atoms with Gasteiger partial charge in [0, 0.05) is 44.6 Å². The average molecular weight is 561 g/mol. The molecule has 5 heterocycles. The van der Waals surface area contributed by atoms with Crippen LogP contribution in [0.2, 0.25) is 0 Å². The highest BCUT2D eigenvalue weighted by molar-refractivity contribution is 7.90. The van der Waals surface area contributed by atoms with E-state index in [1.807, 2.05) is 35.2 Å².